The van der Waals surface area contributed by atoms with Crippen LogP contribution in [-0.2, 0) is 4.74 Å². The number of aliphatic hydroxyl groups is 1. The van der Waals surface area contributed by atoms with Crippen LogP contribution in [0, 0.1) is 5.92 Å². The molecule has 1 atom stereocenters. The molecule has 1 rings (SSSR count). The van der Waals surface area contributed by atoms with Crippen molar-refractivity contribution < 1.29 is 14.6 Å². The lowest BCUT2D eigenvalue weighted by Gasteiger charge is -2.14. The number of nitrogens with zero attached hydrogens (tertiary/aromatic N) is 1. The summed E-state index contributed by atoms with van der Waals surface area (Å²) in [5, 5.41) is 16.2. The molecule has 0 radical (unpaired) electrons. The van der Waals surface area contributed by atoms with E-state index in [9.17, 15) is 5.11 Å². The summed E-state index contributed by atoms with van der Waals surface area (Å²) in [6, 6.07) is 9.69. The number of ether oxygens (including phenoxy) is 2. The number of rotatable bonds is 11. The third-order valence-corrected chi connectivity index (χ3v) is 2.97. The van der Waals surface area contributed by atoms with Crippen LogP contribution in [0.5, 0.6) is 5.75 Å². The largest absolute Gasteiger partial charge is 0.492 e. The molecule has 6 nitrogen and oxygen atoms in total. The molecular weight excluding hydrogens is 306 g/mol. The smallest absolute Gasteiger partial charge is 0.191 e. The molecule has 0 amide bonds. The standard InChI is InChI=1S/C18H31N3O3/c1-4-19-18(21-12-16(22)14-23-13-15(2)3)20-10-11-24-17-8-6-5-7-9-17/h5-9,15-16,22H,4,10-14H2,1-3H3,(H2,19,20,21). The van der Waals surface area contributed by atoms with Crippen LogP contribution < -0.4 is 15.4 Å². The van der Waals surface area contributed by atoms with Gasteiger partial charge in [-0.05, 0) is 25.0 Å². The third-order valence-electron chi connectivity index (χ3n) is 2.97. The van der Waals surface area contributed by atoms with E-state index in [1.807, 2.05) is 37.3 Å². The van der Waals surface area contributed by atoms with E-state index in [1.54, 1.807) is 0 Å². The van der Waals surface area contributed by atoms with Crippen molar-refractivity contribution in [3.63, 3.8) is 0 Å². The van der Waals surface area contributed by atoms with Gasteiger partial charge in [-0.3, -0.25) is 4.99 Å². The van der Waals surface area contributed by atoms with E-state index in [2.05, 4.69) is 29.5 Å². The van der Waals surface area contributed by atoms with Crippen molar-refractivity contribution in [3.8, 4) is 5.75 Å². The second-order valence-corrected chi connectivity index (χ2v) is 5.89. The molecule has 0 aromatic heterocycles. The van der Waals surface area contributed by atoms with E-state index < -0.39 is 6.10 Å². The van der Waals surface area contributed by atoms with Crippen LogP contribution in [0.1, 0.15) is 20.8 Å². The van der Waals surface area contributed by atoms with Crippen molar-refractivity contribution in [2.24, 2.45) is 10.9 Å². The van der Waals surface area contributed by atoms with Crippen molar-refractivity contribution in [2.45, 2.75) is 26.9 Å². The maximum Gasteiger partial charge on any atom is 0.191 e. The van der Waals surface area contributed by atoms with Gasteiger partial charge in [0.05, 0.1) is 25.8 Å². The molecule has 1 aromatic carbocycles. The minimum Gasteiger partial charge on any atom is -0.492 e. The molecule has 3 N–H and O–H groups in total. The highest BCUT2D eigenvalue weighted by molar-refractivity contribution is 5.79. The van der Waals surface area contributed by atoms with Crippen LogP contribution in [0.4, 0.5) is 0 Å². The molecular formula is C18H31N3O3. The zero-order chi connectivity index (χ0) is 17.6. The Balaban J connectivity index is 2.26. The summed E-state index contributed by atoms with van der Waals surface area (Å²) in [7, 11) is 0. The topological polar surface area (TPSA) is 75.1 Å². The van der Waals surface area contributed by atoms with Gasteiger partial charge in [0.2, 0.25) is 0 Å². The Kier molecular flexibility index (Phi) is 10.6. The van der Waals surface area contributed by atoms with E-state index >= 15 is 0 Å². The molecule has 0 heterocycles. The minimum absolute atomic E-state index is 0.299. The fraction of sp³-hybridized carbons (Fsp3) is 0.611. The van der Waals surface area contributed by atoms with Crippen LogP contribution in [0.3, 0.4) is 0 Å². The molecule has 24 heavy (non-hydrogen) atoms. The molecule has 1 aromatic rings. The van der Waals surface area contributed by atoms with Crippen LogP contribution in [0.2, 0.25) is 0 Å². The Labute approximate surface area is 145 Å². The molecule has 0 spiro atoms. The molecule has 136 valence electrons. The molecule has 0 aliphatic carbocycles. The summed E-state index contributed by atoms with van der Waals surface area (Å²) in [6.07, 6.45) is -0.597. The molecule has 0 saturated carbocycles. The predicted octanol–water partition coefficient (Wildman–Crippen LogP) is 1.65. The van der Waals surface area contributed by atoms with Crippen LogP contribution in [0.25, 0.3) is 0 Å². The summed E-state index contributed by atoms with van der Waals surface area (Å²) >= 11 is 0. The molecule has 0 aliphatic rings. The number of benzene rings is 1. The first kappa shape index (κ1) is 20.3. The van der Waals surface area contributed by atoms with Gasteiger partial charge in [0.1, 0.15) is 12.4 Å². The summed E-state index contributed by atoms with van der Waals surface area (Å²) in [6.45, 7) is 9.33. The highest BCUT2D eigenvalue weighted by atomic mass is 16.5. The van der Waals surface area contributed by atoms with Crippen molar-refractivity contribution in [3.05, 3.63) is 30.3 Å². The van der Waals surface area contributed by atoms with E-state index in [4.69, 9.17) is 9.47 Å². The second-order valence-electron chi connectivity index (χ2n) is 5.89. The molecule has 0 aliphatic heterocycles. The number of guanidine groups is 1. The van der Waals surface area contributed by atoms with Crippen molar-refractivity contribution in [1.29, 1.82) is 0 Å². The summed E-state index contributed by atoms with van der Waals surface area (Å²) in [5.41, 5.74) is 0. The lowest BCUT2D eigenvalue weighted by atomic mass is 10.2. The zero-order valence-corrected chi connectivity index (χ0v) is 15.0. The van der Waals surface area contributed by atoms with Crippen LogP contribution in [0.15, 0.2) is 35.3 Å². The summed E-state index contributed by atoms with van der Waals surface area (Å²) < 4.78 is 11.0. The van der Waals surface area contributed by atoms with Crippen molar-refractivity contribution in [2.75, 3.05) is 39.5 Å². The Morgan fingerprint density at radius 2 is 1.92 bits per heavy atom. The van der Waals surface area contributed by atoms with E-state index in [0.717, 1.165) is 12.3 Å². The number of hydrogen-bond donors (Lipinski definition) is 3. The lowest BCUT2D eigenvalue weighted by molar-refractivity contribution is 0.0301. The molecule has 0 saturated heterocycles. The zero-order valence-electron chi connectivity index (χ0n) is 15.0. The summed E-state index contributed by atoms with van der Waals surface area (Å²) in [5.74, 6) is 1.97. The SMILES string of the molecule is CCNC(=NCC(O)COCC(C)C)NCCOc1ccccc1. The number of hydrogen-bond acceptors (Lipinski definition) is 4. The van der Waals surface area contributed by atoms with Gasteiger partial charge in [-0.15, -0.1) is 0 Å². The Morgan fingerprint density at radius 1 is 1.17 bits per heavy atom. The quantitative estimate of drug-likeness (QED) is 0.325. The number of nitrogens with one attached hydrogen (secondary N) is 2. The predicted molar refractivity (Wildman–Crippen MR) is 97.6 cm³/mol. The number of para-hydroxylation sites is 1. The van der Waals surface area contributed by atoms with E-state index in [-0.39, 0.29) is 0 Å². The Bertz CT molecular complexity index is 452. The van der Waals surface area contributed by atoms with E-state index in [0.29, 0.717) is 44.8 Å². The first-order valence-corrected chi connectivity index (χ1v) is 8.57. The fourth-order valence-electron chi connectivity index (χ4n) is 1.89. The number of aliphatic hydroxyl groups excluding tert-OH is 1. The van der Waals surface area contributed by atoms with Gasteiger partial charge >= 0.3 is 0 Å². The van der Waals surface area contributed by atoms with E-state index in [1.165, 1.54) is 0 Å². The first-order chi connectivity index (χ1) is 11.6. The molecule has 0 fully saturated rings. The second kappa shape index (κ2) is 12.6. The van der Waals surface area contributed by atoms with Gasteiger partial charge in [-0.1, -0.05) is 32.0 Å². The highest BCUT2D eigenvalue weighted by Gasteiger charge is 2.05. The third kappa shape index (κ3) is 10.1. The monoisotopic (exact) mass is 337 g/mol. The van der Waals surface area contributed by atoms with Gasteiger partial charge in [0.25, 0.3) is 0 Å². The Morgan fingerprint density at radius 3 is 2.58 bits per heavy atom. The van der Waals surface area contributed by atoms with Crippen molar-refractivity contribution >= 4 is 5.96 Å². The maximum atomic E-state index is 9.89. The van der Waals surface area contributed by atoms with Gasteiger partial charge in [-0.2, -0.15) is 0 Å². The fourth-order valence-corrected chi connectivity index (χ4v) is 1.89. The first-order valence-electron chi connectivity index (χ1n) is 8.57. The molecule has 1 unspecified atom stereocenters. The van der Waals surface area contributed by atoms with Gasteiger partial charge in [0.15, 0.2) is 5.96 Å². The van der Waals surface area contributed by atoms with Gasteiger partial charge < -0.3 is 25.2 Å². The average Bonchev–Trinajstić information content (AvgIpc) is 2.57. The van der Waals surface area contributed by atoms with Crippen LogP contribution in [-0.4, -0.2) is 56.6 Å². The highest BCUT2D eigenvalue weighted by Crippen LogP contribution is 2.07. The minimum atomic E-state index is -0.597. The van der Waals surface area contributed by atoms with Crippen molar-refractivity contribution in [1.82, 2.24) is 10.6 Å². The van der Waals surface area contributed by atoms with Gasteiger partial charge in [-0.25, -0.2) is 0 Å². The normalized spacial score (nSPS) is 13.0. The lowest BCUT2D eigenvalue weighted by Crippen LogP contribution is -2.40. The van der Waals surface area contributed by atoms with Gasteiger partial charge in [0, 0.05) is 13.2 Å². The average molecular weight is 337 g/mol. The summed E-state index contributed by atoms with van der Waals surface area (Å²) in [4.78, 5) is 4.36. The Hall–Kier alpha value is -1.79. The molecule has 6 heteroatoms. The number of aliphatic imine (C=N–C) groups is 1. The van der Waals surface area contributed by atoms with Crippen LogP contribution >= 0.6 is 0 Å². The maximum absolute atomic E-state index is 9.89. The molecule has 0 bridgehead atoms.